The summed E-state index contributed by atoms with van der Waals surface area (Å²) in [5.74, 6) is 1.10. The predicted molar refractivity (Wildman–Crippen MR) is 140 cm³/mol. The van der Waals surface area contributed by atoms with E-state index in [1.807, 2.05) is 11.3 Å². The molecule has 0 amide bonds. The molecule has 0 spiro atoms. The lowest BCUT2D eigenvalue weighted by molar-refractivity contribution is 0.140. The molecule has 1 aliphatic carbocycles. The molecule has 3 heteroatoms. The van der Waals surface area contributed by atoms with Crippen molar-refractivity contribution in [1.29, 1.82) is 0 Å². The highest BCUT2D eigenvalue weighted by Crippen LogP contribution is 2.46. The van der Waals surface area contributed by atoms with E-state index >= 15 is 0 Å². The van der Waals surface area contributed by atoms with E-state index in [4.69, 9.17) is 4.74 Å². The molecule has 1 fully saturated rings. The fourth-order valence-electron chi connectivity index (χ4n) is 5.37. The molecule has 1 saturated carbocycles. The largest absolute Gasteiger partial charge is 0.451 e. The van der Waals surface area contributed by atoms with Crippen LogP contribution in [0.25, 0.3) is 0 Å². The first kappa shape index (κ1) is 21.4. The number of rotatable bonds is 6. The molecule has 0 unspecified atom stereocenters. The van der Waals surface area contributed by atoms with E-state index in [9.17, 15) is 0 Å². The molecule has 6 rings (SSSR count). The summed E-state index contributed by atoms with van der Waals surface area (Å²) in [6.07, 6.45) is 3.42. The van der Waals surface area contributed by atoms with Crippen molar-refractivity contribution in [2.45, 2.75) is 38.3 Å². The second-order valence-corrected chi connectivity index (χ2v) is 10.4. The zero-order valence-corrected chi connectivity index (χ0v) is 20.4. The van der Waals surface area contributed by atoms with Crippen LogP contribution in [0.5, 0.6) is 5.06 Å². The quantitative estimate of drug-likeness (QED) is 0.216. The molecule has 0 N–H and O–H groups in total. The van der Waals surface area contributed by atoms with Gasteiger partial charge in [-0.05, 0) is 60.1 Å². The summed E-state index contributed by atoms with van der Waals surface area (Å²) in [6.45, 7) is 3.99. The van der Waals surface area contributed by atoms with Gasteiger partial charge in [-0.2, -0.15) is 0 Å². The van der Waals surface area contributed by atoms with Crippen LogP contribution in [0, 0.1) is 0 Å². The third-order valence-electron chi connectivity index (χ3n) is 7.14. The van der Waals surface area contributed by atoms with Gasteiger partial charge in [-0.25, -0.2) is 0 Å². The van der Waals surface area contributed by atoms with Crippen LogP contribution in [0.15, 0.2) is 108 Å². The predicted octanol–water partition coefficient (Wildman–Crippen LogP) is 7.54. The number of allylic oxidation sites excluding steroid dienone is 2. The fourth-order valence-corrected chi connectivity index (χ4v) is 6.42. The summed E-state index contributed by atoms with van der Waals surface area (Å²) in [5, 5.41) is 1.04. The van der Waals surface area contributed by atoms with Crippen molar-refractivity contribution in [3.63, 3.8) is 0 Å². The van der Waals surface area contributed by atoms with E-state index in [0.717, 1.165) is 30.3 Å². The van der Waals surface area contributed by atoms with Crippen LogP contribution in [-0.2, 0) is 18.5 Å². The van der Waals surface area contributed by atoms with Gasteiger partial charge in [-0.15, -0.1) is 11.3 Å². The zero-order valence-electron chi connectivity index (χ0n) is 19.5. The molecule has 4 aromatic rings. The van der Waals surface area contributed by atoms with Gasteiger partial charge in [0.2, 0.25) is 0 Å². The van der Waals surface area contributed by atoms with Gasteiger partial charge in [-0.3, -0.25) is 4.90 Å². The Bertz CT molecular complexity index is 1200. The monoisotopic (exact) mass is 463 g/mol. The van der Waals surface area contributed by atoms with Gasteiger partial charge < -0.3 is 4.74 Å². The van der Waals surface area contributed by atoms with Gasteiger partial charge in [0.05, 0.1) is 5.54 Å². The van der Waals surface area contributed by atoms with Crippen LogP contribution in [0.3, 0.4) is 0 Å². The number of hydrogen-bond donors (Lipinski definition) is 0. The molecular weight excluding hydrogens is 434 g/mol. The molecule has 0 radical (unpaired) electrons. The van der Waals surface area contributed by atoms with Crippen molar-refractivity contribution in [3.05, 3.63) is 136 Å². The first-order valence-corrected chi connectivity index (χ1v) is 13.0. The summed E-state index contributed by atoms with van der Waals surface area (Å²) >= 11 is 1.83. The summed E-state index contributed by atoms with van der Waals surface area (Å²) in [4.78, 5) is 4.13. The SMILES string of the molecule is CC(Oc1cc2c(s1)CCN(C(c1ccccc1)(c1ccccc1)c1ccccc1)C2)=C1CC1. The number of benzene rings is 3. The highest BCUT2D eigenvalue weighted by molar-refractivity contribution is 7.14. The van der Waals surface area contributed by atoms with E-state index < -0.39 is 0 Å². The summed E-state index contributed by atoms with van der Waals surface area (Å²) in [7, 11) is 0. The number of ether oxygens (including phenoxy) is 1. The molecule has 1 aliphatic heterocycles. The summed E-state index contributed by atoms with van der Waals surface area (Å²) < 4.78 is 6.25. The van der Waals surface area contributed by atoms with Gasteiger partial charge in [0.25, 0.3) is 0 Å². The Morgan fingerprint density at radius 1 is 0.765 bits per heavy atom. The van der Waals surface area contributed by atoms with Crippen molar-refractivity contribution in [2.75, 3.05) is 6.54 Å². The Labute approximate surface area is 206 Å². The third kappa shape index (κ3) is 3.79. The van der Waals surface area contributed by atoms with Crippen molar-refractivity contribution in [1.82, 2.24) is 4.90 Å². The van der Waals surface area contributed by atoms with Gasteiger partial charge in [0.15, 0.2) is 5.06 Å². The summed E-state index contributed by atoms with van der Waals surface area (Å²) in [5.41, 5.74) is 6.40. The number of thiophene rings is 1. The van der Waals surface area contributed by atoms with E-state index in [1.54, 1.807) is 0 Å². The van der Waals surface area contributed by atoms with Crippen LogP contribution in [-0.4, -0.2) is 11.4 Å². The van der Waals surface area contributed by atoms with Gasteiger partial charge in [0, 0.05) is 18.0 Å². The Hall–Kier alpha value is -3.14. The first-order chi connectivity index (χ1) is 16.7. The molecule has 0 atom stereocenters. The minimum atomic E-state index is -0.365. The van der Waals surface area contributed by atoms with Crippen LogP contribution in [0.4, 0.5) is 0 Å². The average molecular weight is 464 g/mol. The third-order valence-corrected chi connectivity index (χ3v) is 8.26. The van der Waals surface area contributed by atoms with Crippen molar-refractivity contribution >= 4 is 11.3 Å². The lowest BCUT2D eigenvalue weighted by Crippen LogP contribution is -2.49. The molecule has 2 nitrogen and oxygen atoms in total. The maximum atomic E-state index is 6.25. The molecular formula is C31H29NOS. The Balaban J connectivity index is 1.47. The smallest absolute Gasteiger partial charge is 0.180 e. The first-order valence-electron chi connectivity index (χ1n) is 12.1. The Kier molecular flexibility index (Phi) is 5.60. The molecule has 0 bridgehead atoms. The van der Waals surface area contributed by atoms with Crippen molar-refractivity contribution in [3.8, 4) is 5.06 Å². The van der Waals surface area contributed by atoms with Gasteiger partial charge in [0.1, 0.15) is 5.76 Å². The number of fused-ring (bicyclic) bond motifs is 1. The highest BCUT2D eigenvalue weighted by atomic mass is 32.1. The van der Waals surface area contributed by atoms with Crippen molar-refractivity contribution < 1.29 is 4.74 Å². The van der Waals surface area contributed by atoms with Crippen LogP contribution in [0.1, 0.15) is 46.9 Å². The average Bonchev–Trinajstić information content (AvgIpc) is 3.67. The fraction of sp³-hybridized carbons (Fsp3) is 0.226. The molecule has 34 heavy (non-hydrogen) atoms. The van der Waals surface area contributed by atoms with E-state index in [0.29, 0.717) is 0 Å². The number of nitrogens with zero attached hydrogens (tertiary/aromatic N) is 1. The van der Waals surface area contributed by atoms with Gasteiger partial charge >= 0.3 is 0 Å². The highest BCUT2D eigenvalue weighted by Gasteiger charge is 2.43. The number of hydrogen-bond acceptors (Lipinski definition) is 3. The van der Waals surface area contributed by atoms with Crippen LogP contribution in [0.2, 0.25) is 0 Å². The second kappa shape index (κ2) is 8.90. The Morgan fingerprint density at radius 2 is 1.29 bits per heavy atom. The minimum Gasteiger partial charge on any atom is -0.451 e. The zero-order chi connectivity index (χ0) is 23.0. The molecule has 3 aromatic carbocycles. The van der Waals surface area contributed by atoms with E-state index in [2.05, 4.69) is 109 Å². The second-order valence-electron chi connectivity index (χ2n) is 9.26. The lowest BCUT2D eigenvalue weighted by atomic mass is 9.74. The maximum absolute atomic E-state index is 6.25. The normalized spacial score (nSPS) is 15.6. The van der Waals surface area contributed by atoms with E-state index in [1.165, 1.54) is 45.5 Å². The lowest BCUT2D eigenvalue weighted by Gasteiger charge is -2.47. The van der Waals surface area contributed by atoms with Gasteiger partial charge in [-0.1, -0.05) is 91.0 Å². The molecule has 170 valence electrons. The molecule has 1 aromatic heterocycles. The minimum absolute atomic E-state index is 0.365. The van der Waals surface area contributed by atoms with Crippen molar-refractivity contribution in [2.24, 2.45) is 0 Å². The van der Waals surface area contributed by atoms with E-state index in [-0.39, 0.29) is 5.54 Å². The topological polar surface area (TPSA) is 12.5 Å². The molecule has 0 saturated heterocycles. The summed E-state index contributed by atoms with van der Waals surface area (Å²) in [6, 6.07) is 35.3. The molecule has 2 heterocycles. The standard InChI is InChI=1S/C31H29NOS/c1-23(24-17-18-24)33-30-21-25-22-32(20-19-29(25)34-30)31(26-11-5-2-6-12-26,27-13-7-3-8-14-27)28-15-9-4-10-16-28/h2-16,21H,17-20,22H2,1H3. The Morgan fingerprint density at radius 3 is 1.79 bits per heavy atom. The molecule has 2 aliphatic rings. The maximum Gasteiger partial charge on any atom is 0.180 e. The van der Waals surface area contributed by atoms with Crippen LogP contribution >= 0.6 is 11.3 Å². The van der Waals surface area contributed by atoms with Crippen LogP contribution < -0.4 is 4.74 Å².